The van der Waals surface area contributed by atoms with E-state index in [1.807, 2.05) is 0 Å². The molecule has 124 valence electrons. The molecule has 0 radical (unpaired) electrons. The van der Waals surface area contributed by atoms with Gasteiger partial charge in [-0.1, -0.05) is 18.2 Å². The van der Waals surface area contributed by atoms with Gasteiger partial charge in [-0.25, -0.2) is 0 Å². The molecule has 5 heteroatoms. The van der Waals surface area contributed by atoms with Crippen molar-refractivity contribution in [1.82, 2.24) is 24.9 Å². The summed E-state index contributed by atoms with van der Waals surface area (Å²) >= 11 is 0. The molecule has 2 saturated heterocycles. The first kappa shape index (κ1) is 15.1. The van der Waals surface area contributed by atoms with Crippen LogP contribution in [0.1, 0.15) is 19.0 Å². The van der Waals surface area contributed by atoms with Crippen LogP contribution in [0.5, 0.6) is 0 Å². The van der Waals surface area contributed by atoms with Crippen molar-refractivity contribution < 1.29 is 0 Å². The molecule has 1 aromatic heterocycles. The second-order valence-electron chi connectivity index (χ2n) is 6.74. The summed E-state index contributed by atoms with van der Waals surface area (Å²) in [6.07, 6.45) is 1.31. The van der Waals surface area contributed by atoms with E-state index in [1.165, 1.54) is 49.2 Å². The summed E-state index contributed by atoms with van der Waals surface area (Å²) in [5.74, 6) is 0. The van der Waals surface area contributed by atoms with E-state index in [-0.39, 0.29) is 0 Å². The minimum Gasteiger partial charge on any atom is -0.315 e. The summed E-state index contributed by atoms with van der Waals surface area (Å²) < 4.78 is 2.13. The standard InChI is InChI=1S/C18H27N5/c1-2-23-18-6-4-3-5-16(18)17(20-23)14-21-9-11-22(12-10-21)15-7-8-19-13-15/h3-6,15,19H,2,7-14H2,1H3. The molecule has 5 nitrogen and oxygen atoms in total. The van der Waals surface area contributed by atoms with Crippen molar-refractivity contribution in [3.05, 3.63) is 30.0 Å². The molecule has 0 amide bonds. The van der Waals surface area contributed by atoms with Gasteiger partial charge in [0.05, 0.1) is 11.2 Å². The van der Waals surface area contributed by atoms with Gasteiger partial charge in [0, 0.05) is 57.2 Å². The lowest BCUT2D eigenvalue weighted by molar-refractivity contribution is 0.0974. The Morgan fingerprint density at radius 3 is 2.74 bits per heavy atom. The molecule has 2 fully saturated rings. The molecule has 2 aromatic rings. The van der Waals surface area contributed by atoms with Gasteiger partial charge in [0.1, 0.15) is 0 Å². The SMILES string of the molecule is CCn1nc(CN2CCN(C3CCNC3)CC2)c2ccccc21. The Morgan fingerprint density at radius 1 is 1.17 bits per heavy atom. The molecule has 0 spiro atoms. The fraction of sp³-hybridized carbons (Fsp3) is 0.611. The summed E-state index contributed by atoms with van der Waals surface area (Å²) in [6.45, 7) is 11.1. The van der Waals surface area contributed by atoms with Crippen LogP contribution in [0.4, 0.5) is 0 Å². The van der Waals surface area contributed by atoms with Gasteiger partial charge in [-0.3, -0.25) is 14.5 Å². The van der Waals surface area contributed by atoms with E-state index >= 15 is 0 Å². The number of piperazine rings is 1. The van der Waals surface area contributed by atoms with Crippen molar-refractivity contribution in [1.29, 1.82) is 0 Å². The van der Waals surface area contributed by atoms with E-state index in [2.05, 4.69) is 51.0 Å². The van der Waals surface area contributed by atoms with Crippen LogP contribution in [-0.2, 0) is 13.1 Å². The monoisotopic (exact) mass is 313 g/mol. The maximum absolute atomic E-state index is 4.85. The zero-order valence-corrected chi connectivity index (χ0v) is 14.0. The van der Waals surface area contributed by atoms with Crippen molar-refractivity contribution in [3.63, 3.8) is 0 Å². The molecule has 0 bridgehead atoms. The molecule has 3 heterocycles. The first-order valence-electron chi connectivity index (χ1n) is 8.96. The van der Waals surface area contributed by atoms with Gasteiger partial charge in [0.25, 0.3) is 0 Å². The van der Waals surface area contributed by atoms with Crippen molar-refractivity contribution in [2.75, 3.05) is 39.3 Å². The first-order chi connectivity index (χ1) is 11.3. The van der Waals surface area contributed by atoms with Gasteiger partial charge in [-0.2, -0.15) is 5.10 Å². The molecule has 1 N–H and O–H groups in total. The van der Waals surface area contributed by atoms with Gasteiger partial charge in [-0.15, -0.1) is 0 Å². The lowest BCUT2D eigenvalue weighted by Crippen LogP contribution is -2.50. The molecule has 0 saturated carbocycles. The second-order valence-corrected chi connectivity index (χ2v) is 6.74. The molecule has 1 aromatic carbocycles. The van der Waals surface area contributed by atoms with Crippen LogP contribution in [0.3, 0.4) is 0 Å². The molecule has 2 aliphatic rings. The third-order valence-corrected chi connectivity index (χ3v) is 5.36. The van der Waals surface area contributed by atoms with Gasteiger partial charge in [-0.05, 0) is 26.0 Å². The van der Waals surface area contributed by atoms with E-state index in [0.29, 0.717) is 0 Å². The average Bonchev–Trinajstić information content (AvgIpc) is 3.24. The number of rotatable bonds is 4. The third-order valence-electron chi connectivity index (χ3n) is 5.36. The smallest absolute Gasteiger partial charge is 0.0843 e. The van der Waals surface area contributed by atoms with Crippen molar-refractivity contribution >= 4 is 10.9 Å². The van der Waals surface area contributed by atoms with Crippen LogP contribution in [0.25, 0.3) is 10.9 Å². The summed E-state index contributed by atoms with van der Waals surface area (Å²) in [5.41, 5.74) is 2.50. The number of benzene rings is 1. The van der Waals surface area contributed by atoms with Crippen molar-refractivity contribution in [3.8, 4) is 0 Å². The third kappa shape index (κ3) is 3.01. The van der Waals surface area contributed by atoms with Crippen LogP contribution in [-0.4, -0.2) is 64.9 Å². The topological polar surface area (TPSA) is 36.3 Å². The largest absolute Gasteiger partial charge is 0.315 e. The summed E-state index contributed by atoms with van der Waals surface area (Å²) in [6, 6.07) is 9.38. The highest BCUT2D eigenvalue weighted by molar-refractivity contribution is 5.81. The van der Waals surface area contributed by atoms with Crippen LogP contribution >= 0.6 is 0 Å². The van der Waals surface area contributed by atoms with Crippen LogP contribution in [0, 0.1) is 0 Å². The Kier molecular flexibility index (Phi) is 4.33. The maximum atomic E-state index is 4.85. The van der Waals surface area contributed by atoms with E-state index in [0.717, 1.165) is 32.2 Å². The summed E-state index contributed by atoms with van der Waals surface area (Å²) in [4.78, 5) is 5.23. The number of hydrogen-bond donors (Lipinski definition) is 1. The van der Waals surface area contributed by atoms with E-state index in [1.54, 1.807) is 0 Å². The summed E-state index contributed by atoms with van der Waals surface area (Å²) in [5, 5.41) is 9.65. The highest BCUT2D eigenvalue weighted by Crippen LogP contribution is 2.21. The van der Waals surface area contributed by atoms with Gasteiger partial charge in [0.2, 0.25) is 0 Å². The lowest BCUT2D eigenvalue weighted by Gasteiger charge is -2.37. The zero-order chi connectivity index (χ0) is 15.6. The number of nitrogens with zero attached hydrogens (tertiary/aromatic N) is 4. The van der Waals surface area contributed by atoms with Crippen molar-refractivity contribution in [2.24, 2.45) is 0 Å². The lowest BCUT2D eigenvalue weighted by atomic mass is 10.1. The maximum Gasteiger partial charge on any atom is 0.0843 e. The Bertz CT molecular complexity index is 650. The molecule has 1 atom stereocenters. The molecule has 1 unspecified atom stereocenters. The van der Waals surface area contributed by atoms with Crippen molar-refractivity contribution in [2.45, 2.75) is 32.5 Å². The highest BCUT2D eigenvalue weighted by atomic mass is 15.3. The Morgan fingerprint density at radius 2 is 2.00 bits per heavy atom. The van der Waals surface area contributed by atoms with Gasteiger partial charge in [0.15, 0.2) is 0 Å². The Labute approximate surface area is 138 Å². The predicted molar refractivity (Wildman–Crippen MR) is 93.5 cm³/mol. The number of aryl methyl sites for hydroxylation is 1. The fourth-order valence-corrected chi connectivity index (χ4v) is 4.00. The fourth-order valence-electron chi connectivity index (χ4n) is 4.00. The van der Waals surface area contributed by atoms with Crippen LogP contribution in [0.15, 0.2) is 24.3 Å². The number of para-hydroxylation sites is 1. The molecule has 23 heavy (non-hydrogen) atoms. The van der Waals surface area contributed by atoms with E-state index in [9.17, 15) is 0 Å². The average molecular weight is 313 g/mol. The molecule has 4 rings (SSSR count). The number of hydrogen-bond acceptors (Lipinski definition) is 4. The predicted octanol–water partition coefficient (Wildman–Crippen LogP) is 1.54. The highest BCUT2D eigenvalue weighted by Gasteiger charge is 2.26. The van der Waals surface area contributed by atoms with Gasteiger partial charge < -0.3 is 5.32 Å². The Balaban J connectivity index is 1.43. The minimum atomic E-state index is 0.761. The first-order valence-corrected chi connectivity index (χ1v) is 8.96. The summed E-state index contributed by atoms with van der Waals surface area (Å²) in [7, 11) is 0. The normalized spacial score (nSPS) is 23.8. The molecule has 2 aliphatic heterocycles. The Hall–Kier alpha value is -1.43. The van der Waals surface area contributed by atoms with E-state index in [4.69, 9.17) is 5.10 Å². The van der Waals surface area contributed by atoms with Crippen LogP contribution in [0.2, 0.25) is 0 Å². The molecule has 0 aliphatic carbocycles. The minimum absolute atomic E-state index is 0.761. The second kappa shape index (κ2) is 6.59. The zero-order valence-electron chi connectivity index (χ0n) is 14.0. The number of nitrogens with one attached hydrogen (secondary N) is 1. The number of aromatic nitrogens is 2. The number of fused-ring (bicyclic) bond motifs is 1. The van der Waals surface area contributed by atoms with Gasteiger partial charge >= 0.3 is 0 Å². The molecular formula is C18H27N5. The quantitative estimate of drug-likeness (QED) is 0.929. The molecular weight excluding hydrogens is 286 g/mol. The van der Waals surface area contributed by atoms with E-state index < -0.39 is 0 Å². The van der Waals surface area contributed by atoms with Crippen LogP contribution < -0.4 is 5.32 Å².